The Labute approximate surface area is 113 Å². The number of hydrogen-bond acceptors (Lipinski definition) is 5. The summed E-state index contributed by atoms with van der Waals surface area (Å²) < 4.78 is 2.50. The molecule has 2 aromatic heterocycles. The maximum absolute atomic E-state index is 11.1. The van der Waals surface area contributed by atoms with Crippen molar-refractivity contribution in [1.29, 1.82) is 0 Å². The number of thioether (sulfide) groups is 1. The van der Waals surface area contributed by atoms with Crippen molar-refractivity contribution in [3.05, 3.63) is 41.5 Å². The molecule has 0 radical (unpaired) electrons. The lowest BCUT2D eigenvalue weighted by atomic mass is 10.5. The van der Waals surface area contributed by atoms with Crippen LogP contribution < -0.4 is 11.1 Å². The monoisotopic (exact) mass is 333 g/mol. The fourth-order valence-corrected chi connectivity index (χ4v) is 3.86. The highest BCUT2D eigenvalue weighted by atomic mass is 79.9. The van der Waals surface area contributed by atoms with E-state index in [0.29, 0.717) is 10.9 Å². The molecule has 0 aliphatic carbocycles. The fraction of sp³-hybridized carbons (Fsp3) is 0.222. The Bertz CT molecular complexity index is 646. The Morgan fingerprint density at radius 2 is 2.35 bits per heavy atom. The first-order valence-corrected chi connectivity index (χ1v) is 7.26. The van der Waals surface area contributed by atoms with Crippen LogP contribution in [0.1, 0.15) is 4.88 Å². The maximum Gasteiger partial charge on any atom is 0.339 e. The van der Waals surface area contributed by atoms with Gasteiger partial charge in [0.15, 0.2) is 5.16 Å². The molecule has 0 unspecified atom stereocenters. The molecule has 0 aliphatic heterocycles. The fourth-order valence-electron chi connectivity index (χ4n) is 1.15. The molecule has 8 heteroatoms. The number of nitrogens with zero attached hydrogens (tertiary/aromatic N) is 2. The second-order valence-corrected chi connectivity index (χ2v) is 5.98. The number of aryl methyl sites for hydroxylation is 1. The number of halogens is 1. The van der Waals surface area contributed by atoms with Gasteiger partial charge in [0.2, 0.25) is 0 Å². The van der Waals surface area contributed by atoms with E-state index in [2.05, 4.69) is 26.0 Å². The highest BCUT2D eigenvalue weighted by Crippen LogP contribution is 2.28. The summed E-state index contributed by atoms with van der Waals surface area (Å²) in [7, 11) is 1.65. The van der Waals surface area contributed by atoms with Gasteiger partial charge in [0.1, 0.15) is 0 Å². The minimum absolute atomic E-state index is 0.495. The zero-order valence-corrected chi connectivity index (χ0v) is 12.0. The number of hydrogen-bond donors (Lipinski definition) is 1. The van der Waals surface area contributed by atoms with E-state index in [1.165, 1.54) is 16.4 Å². The van der Waals surface area contributed by atoms with Crippen LogP contribution in [0.25, 0.3) is 0 Å². The molecule has 2 heterocycles. The summed E-state index contributed by atoms with van der Waals surface area (Å²) in [5.74, 6) is 0.699. The molecule has 5 nitrogen and oxygen atoms in total. The lowest BCUT2D eigenvalue weighted by Gasteiger charge is -2.04. The predicted molar refractivity (Wildman–Crippen MR) is 71.7 cm³/mol. The molecule has 90 valence electrons. The molecule has 0 bridgehead atoms. The number of nitrogens with one attached hydrogen (secondary N) is 1. The Hall–Kier alpha value is -0.860. The average Bonchev–Trinajstić information content (AvgIpc) is 2.68. The summed E-state index contributed by atoms with van der Waals surface area (Å²) in [5.41, 5.74) is -1.45. The van der Waals surface area contributed by atoms with Gasteiger partial charge in [-0.1, -0.05) is 11.8 Å². The summed E-state index contributed by atoms with van der Waals surface area (Å²) in [6.45, 7) is 0. The Balaban J connectivity index is 2.20. The van der Waals surface area contributed by atoms with Crippen molar-refractivity contribution in [3.63, 3.8) is 0 Å². The average molecular weight is 334 g/mol. The highest BCUT2D eigenvalue weighted by Gasteiger charge is 2.07. The Kier molecular flexibility index (Phi) is 3.85. The zero-order chi connectivity index (χ0) is 12.4. The van der Waals surface area contributed by atoms with Crippen LogP contribution in [0.15, 0.2) is 30.7 Å². The van der Waals surface area contributed by atoms with Crippen LogP contribution >= 0.6 is 39.0 Å². The first-order chi connectivity index (χ1) is 8.08. The van der Waals surface area contributed by atoms with Gasteiger partial charge in [0.05, 0.1) is 0 Å². The first-order valence-electron chi connectivity index (χ1n) is 4.60. The summed E-state index contributed by atoms with van der Waals surface area (Å²) in [6, 6.07) is 1.97. The Morgan fingerprint density at radius 3 is 3.00 bits per heavy atom. The molecule has 0 fully saturated rings. The Morgan fingerprint density at radius 1 is 1.59 bits per heavy atom. The molecular formula is C9H8BrN3O2S2. The maximum atomic E-state index is 11.1. The molecule has 1 N–H and O–H groups in total. The van der Waals surface area contributed by atoms with Gasteiger partial charge in [-0.05, 0) is 27.4 Å². The van der Waals surface area contributed by atoms with E-state index in [1.807, 2.05) is 11.4 Å². The molecule has 2 aromatic rings. The lowest BCUT2D eigenvalue weighted by molar-refractivity contribution is 0.596. The van der Waals surface area contributed by atoms with Crippen LogP contribution in [0, 0.1) is 0 Å². The highest BCUT2D eigenvalue weighted by molar-refractivity contribution is 9.10. The number of aromatic nitrogens is 3. The minimum atomic E-state index is -0.754. The lowest BCUT2D eigenvalue weighted by Crippen LogP contribution is -2.33. The van der Waals surface area contributed by atoms with Crippen LogP contribution in [0.4, 0.5) is 0 Å². The molecule has 0 saturated carbocycles. The quantitative estimate of drug-likeness (QED) is 0.684. The second kappa shape index (κ2) is 5.19. The van der Waals surface area contributed by atoms with E-state index in [-0.39, 0.29) is 0 Å². The third-order valence-electron chi connectivity index (χ3n) is 1.97. The topological polar surface area (TPSA) is 67.8 Å². The third kappa shape index (κ3) is 2.88. The number of aromatic amines is 1. The first kappa shape index (κ1) is 12.6. The van der Waals surface area contributed by atoms with Gasteiger partial charge in [-0.2, -0.15) is 4.98 Å². The van der Waals surface area contributed by atoms with Crippen LogP contribution in [0.5, 0.6) is 0 Å². The van der Waals surface area contributed by atoms with Crippen LogP contribution in [0.3, 0.4) is 0 Å². The molecule has 0 aromatic carbocycles. The van der Waals surface area contributed by atoms with Crippen molar-refractivity contribution < 1.29 is 0 Å². The van der Waals surface area contributed by atoms with Crippen molar-refractivity contribution in [2.24, 2.45) is 7.05 Å². The van der Waals surface area contributed by atoms with Crippen LogP contribution in [-0.2, 0) is 12.8 Å². The van der Waals surface area contributed by atoms with Crippen molar-refractivity contribution in [2.75, 3.05) is 0 Å². The van der Waals surface area contributed by atoms with Gasteiger partial charge in [-0.3, -0.25) is 19.4 Å². The zero-order valence-electron chi connectivity index (χ0n) is 8.77. The third-order valence-corrected chi connectivity index (χ3v) is 5.14. The predicted octanol–water partition coefficient (Wildman–Crippen LogP) is 1.58. The molecule has 0 atom stereocenters. The molecule has 2 rings (SSSR count). The van der Waals surface area contributed by atoms with E-state index in [4.69, 9.17) is 0 Å². The smallest absolute Gasteiger partial charge is 0.265 e. The van der Waals surface area contributed by atoms with Crippen molar-refractivity contribution in [3.8, 4) is 0 Å². The van der Waals surface area contributed by atoms with Gasteiger partial charge >= 0.3 is 11.1 Å². The van der Waals surface area contributed by atoms with E-state index in [9.17, 15) is 9.59 Å². The van der Waals surface area contributed by atoms with Gasteiger partial charge in [-0.15, -0.1) is 11.3 Å². The SMILES string of the molecule is Cn1[nH]c(=O)c(=O)nc1SCc1sccc1Br. The standard InChI is InChI=1S/C9H8BrN3O2S2/c1-13-9(11-7(14)8(15)12-13)17-4-6-5(10)2-3-16-6/h2-3H,4H2,1H3,(H,12,15). The van der Waals surface area contributed by atoms with Crippen molar-refractivity contribution in [2.45, 2.75) is 10.9 Å². The molecule has 17 heavy (non-hydrogen) atoms. The summed E-state index contributed by atoms with van der Waals surface area (Å²) in [6.07, 6.45) is 0. The summed E-state index contributed by atoms with van der Waals surface area (Å²) >= 11 is 6.47. The van der Waals surface area contributed by atoms with Gasteiger partial charge < -0.3 is 0 Å². The van der Waals surface area contributed by atoms with E-state index < -0.39 is 11.1 Å². The largest absolute Gasteiger partial charge is 0.339 e. The van der Waals surface area contributed by atoms with E-state index in [1.54, 1.807) is 18.4 Å². The summed E-state index contributed by atoms with van der Waals surface area (Å²) in [4.78, 5) is 27.0. The number of rotatable bonds is 3. The van der Waals surface area contributed by atoms with Crippen molar-refractivity contribution >= 4 is 39.0 Å². The van der Waals surface area contributed by atoms with Crippen molar-refractivity contribution in [1.82, 2.24) is 14.8 Å². The molecule has 0 spiro atoms. The molecular weight excluding hydrogens is 326 g/mol. The van der Waals surface area contributed by atoms with Crippen LogP contribution in [0.2, 0.25) is 0 Å². The second-order valence-electron chi connectivity index (χ2n) is 3.18. The minimum Gasteiger partial charge on any atom is -0.265 e. The number of H-pyrrole nitrogens is 1. The van der Waals surface area contributed by atoms with E-state index >= 15 is 0 Å². The summed E-state index contributed by atoms with van der Waals surface area (Å²) in [5, 5.41) is 4.89. The number of thiophene rings is 1. The van der Waals surface area contributed by atoms with E-state index in [0.717, 1.165) is 9.35 Å². The molecule has 0 saturated heterocycles. The molecule has 0 aliphatic rings. The van der Waals surface area contributed by atoms with Gasteiger partial charge in [0, 0.05) is 22.2 Å². The van der Waals surface area contributed by atoms with Gasteiger partial charge in [-0.25, -0.2) is 0 Å². The van der Waals surface area contributed by atoms with Gasteiger partial charge in [0.25, 0.3) is 0 Å². The molecule has 0 amide bonds. The normalized spacial score (nSPS) is 10.7. The van der Waals surface area contributed by atoms with Crippen LogP contribution in [-0.4, -0.2) is 14.8 Å².